The average molecular weight is 421 g/mol. The highest BCUT2D eigenvalue weighted by Crippen LogP contribution is 2.24. The molecule has 0 spiro atoms. The Balaban J connectivity index is 1.22. The van der Waals surface area contributed by atoms with E-state index in [1.807, 2.05) is 24.4 Å². The minimum atomic E-state index is 0.326. The van der Waals surface area contributed by atoms with Gasteiger partial charge in [0.05, 0.1) is 0 Å². The topological polar surface area (TPSA) is 39.7 Å². The van der Waals surface area contributed by atoms with Crippen molar-refractivity contribution in [3.8, 4) is 0 Å². The summed E-state index contributed by atoms with van der Waals surface area (Å²) in [5.74, 6) is 1.98. The number of piperidine rings is 1. The summed E-state index contributed by atoms with van der Waals surface area (Å²) < 4.78 is 0. The van der Waals surface area contributed by atoms with E-state index in [1.165, 1.54) is 36.1 Å². The smallest absolute Gasteiger partial charge is 0.222 e. The lowest BCUT2D eigenvalue weighted by molar-refractivity contribution is -0.131. The first-order valence-electron chi connectivity index (χ1n) is 11.8. The van der Waals surface area contributed by atoms with Gasteiger partial charge in [0.2, 0.25) is 5.91 Å². The highest BCUT2D eigenvalue weighted by Gasteiger charge is 2.25. The van der Waals surface area contributed by atoms with Crippen molar-refractivity contribution in [3.63, 3.8) is 0 Å². The van der Waals surface area contributed by atoms with Crippen molar-refractivity contribution < 1.29 is 4.79 Å². The molecule has 1 aromatic heterocycles. The van der Waals surface area contributed by atoms with Gasteiger partial charge in [-0.3, -0.25) is 9.69 Å². The molecule has 5 heteroatoms. The molecule has 2 saturated heterocycles. The molecule has 0 radical (unpaired) electrons. The Morgan fingerprint density at radius 1 is 1.06 bits per heavy atom. The summed E-state index contributed by atoms with van der Waals surface area (Å²) in [4.78, 5) is 24.2. The van der Waals surface area contributed by atoms with Crippen molar-refractivity contribution >= 4 is 11.7 Å². The third kappa shape index (κ3) is 5.85. The zero-order chi connectivity index (χ0) is 21.6. The van der Waals surface area contributed by atoms with Gasteiger partial charge in [-0.1, -0.05) is 29.8 Å². The molecule has 31 heavy (non-hydrogen) atoms. The molecule has 1 amide bonds. The number of rotatable bonds is 6. The van der Waals surface area contributed by atoms with Crippen molar-refractivity contribution in [2.75, 3.05) is 44.2 Å². The molecule has 2 fully saturated rings. The zero-order valence-corrected chi connectivity index (χ0v) is 19.1. The molecule has 4 rings (SSSR count). The normalized spacial score (nSPS) is 20.1. The van der Waals surface area contributed by atoms with Gasteiger partial charge in [0, 0.05) is 51.9 Å². The molecule has 1 unspecified atom stereocenters. The number of hydrogen-bond donors (Lipinski definition) is 0. The molecule has 0 saturated carbocycles. The quantitative estimate of drug-likeness (QED) is 0.707. The summed E-state index contributed by atoms with van der Waals surface area (Å²) in [5, 5.41) is 0. The van der Waals surface area contributed by atoms with Gasteiger partial charge in [-0.25, -0.2) is 4.98 Å². The van der Waals surface area contributed by atoms with E-state index in [2.05, 4.69) is 51.7 Å². The number of piperazine rings is 1. The van der Waals surface area contributed by atoms with Crippen LogP contribution in [0.25, 0.3) is 0 Å². The molecular formula is C26H36N4O. The molecule has 2 aromatic rings. The number of likely N-dealkylation sites (tertiary alicyclic amines) is 1. The van der Waals surface area contributed by atoms with Crippen molar-refractivity contribution in [3.05, 3.63) is 59.3 Å². The molecule has 0 aliphatic carbocycles. The Morgan fingerprint density at radius 3 is 2.68 bits per heavy atom. The number of benzene rings is 1. The van der Waals surface area contributed by atoms with E-state index in [1.54, 1.807) is 0 Å². The van der Waals surface area contributed by atoms with Crippen molar-refractivity contribution in [1.29, 1.82) is 0 Å². The number of aryl methyl sites for hydroxylation is 2. The maximum Gasteiger partial charge on any atom is 0.222 e. The van der Waals surface area contributed by atoms with E-state index in [-0.39, 0.29) is 0 Å². The predicted molar refractivity (Wildman–Crippen MR) is 126 cm³/mol. The van der Waals surface area contributed by atoms with Crippen LogP contribution in [0.1, 0.15) is 42.4 Å². The lowest BCUT2D eigenvalue weighted by Gasteiger charge is -2.36. The van der Waals surface area contributed by atoms with Crippen molar-refractivity contribution in [2.45, 2.75) is 46.1 Å². The Kier molecular flexibility index (Phi) is 7.23. The maximum atomic E-state index is 12.8. The zero-order valence-electron chi connectivity index (χ0n) is 19.1. The van der Waals surface area contributed by atoms with Crippen LogP contribution in [0, 0.1) is 19.8 Å². The highest BCUT2D eigenvalue weighted by molar-refractivity contribution is 5.76. The van der Waals surface area contributed by atoms with Gasteiger partial charge >= 0.3 is 0 Å². The van der Waals surface area contributed by atoms with Crippen LogP contribution in [-0.4, -0.2) is 60.0 Å². The van der Waals surface area contributed by atoms with Gasteiger partial charge in [-0.15, -0.1) is 0 Å². The summed E-state index contributed by atoms with van der Waals surface area (Å²) in [5.41, 5.74) is 4.16. The second-order valence-corrected chi connectivity index (χ2v) is 9.27. The predicted octanol–water partition coefficient (Wildman–Crippen LogP) is 4.04. The van der Waals surface area contributed by atoms with E-state index in [4.69, 9.17) is 0 Å². The minimum absolute atomic E-state index is 0.326. The van der Waals surface area contributed by atoms with Crippen LogP contribution in [0.2, 0.25) is 0 Å². The Hall–Kier alpha value is -2.40. The third-order valence-electron chi connectivity index (χ3n) is 6.87. The summed E-state index contributed by atoms with van der Waals surface area (Å²) >= 11 is 0. The first-order valence-corrected chi connectivity index (χ1v) is 11.8. The number of hydrogen-bond acceptors (Lipinski definition) is 4. The van der Waals surface area contributed by atoms with Gasteiger partial charge in [0.25, 0.3) is 0 Å². The molecule has 2 aliphatic rings. The molecule has 166 valence electrons. The van der Waals surface area contributed by atoms with E-state index in [9.17, 15) is 4.79 Å². The first-order chi connectivity index (χ1) is 15.1. The highest BCUT2D eigenvalue weighted by atomic mass is 16.2. The lowest BCUT2D eigenvalue weighted by Crippen LogP contribution is -2.49. The fourth-order valence-corrected chi connectivity index (χ4v) is 4.95. The van der Waals surface area contributed by atoms with Crippen LogP contribution in [0.3, 0.4) is 0 Å². The fourth-order valence-electron chi connectivity index (χ4n) is 4.95. The molecule has 0 N–H and O–H groups in total. The van der Waals surface area contributed by atoms with Crippen LogP contribution in [-0.2, 0) is 11.3 Å². The maximum absolute atomic E-state index is 12.8. The standard InChI is InChI=1S/C26H36N4O/c1-21-8-9-22(2)24(18-21)20-28-13-5-6-23(19-28)10-11-26(31)30-16-14-29(15-17-30)25-7-3-4-12-27-25/h3-4,7-9,12,18,23H,5-6,10-11,13-17,19-20H2,1-2H3. The van der Waals surface area contributed by atoms with Gasteiger partial charge < -0.3 is 9.80 Å². The summed E-state index contributed by atoms with van der Waals surface area (Å²) in [6.45, 7) is 11.1. The monoisotopic (exact) mass is 420 g/mol. The number of amides is 1. The van der Waals surface area contributed by atoms with E-state index >= 15 is 0 Å². The van der Waals surface area contributed by atoms with Crippen LogP contribution in [0.15, 0.2) is 42.6 Å². The second-order valence-electron chi connectivity index (χ2n) is 9.27. The number of pyridine rings is 1. The van der Waals surface area contributed by atoms with Crippen LogP contribution in [0.4, 0.5) is 5.82 Å². The summed E-state index contributed by atoms with van der Waals surface area (Å²) in [6, 6.07) is 12.8. The summed E-state index contributed by atoms with van der Waals surface area (Å²) in [6.07, 6.45) is 6.03. The van der Waals surface area contributed by atoms with Crippen LogP contribution < -0.4 is 4.90 Å². The Morgan fingerprint density at radius 2 is 1.90 bits per heavy atom. The third-order valence-corrected chi connectivity index (χ3v) is 6.87. The minimum Gasteiger partial charge on any atom is -0.353 e. The number of anilines is 1. The fraction of sp³-hybridized carbons (Fsp3) is 0.538. The number of carbonyl (C=O) groups excluding carboxylic acids is 1. The van der Waals surface area contributed by atoms with Gasteiger partial charge in [-0.2, -0.15) is 0 Å². The first kappa shape index (κ1) is 21.8. The molecular weight excluding hydrogens is 384 g/mol. The van der Waals surface area contributed by atoms with Crippen LogP contribution >= 0.6 is 0 Å². The lowest BCUT2D eigenvalue weighted by atomic mass is 9.92. The van der Waals surface area contributed by atoms with Gasteiger partial charge in [0.15, 0.2) is 0 Å². The van der Waals surface area contributed by atoms with Crippen molar-refractivity contribution in [2.24, 2.45) is 5.92 Å². The van der Waals surface area contributed by atoms with Gasteiger partial charge in [0.1, 0.15) is 5.82 Å². The molecule has 1 atom stereocenters. The summed E-state index contributed by atoms with van der Waals surface area (Å²) in [7, 11) is 0. The van der Waals surface area contributed by atoms with Gasteiger partial charge in [-0.05, 0) is 68.8 Å². The molecule has 1 aromatic carbocycles. The number of aromatic nitrogens is 1. The Bertz CT molecular complexity index is 861. The SMILES string of the molecule is Cc1ccc(C)c(CN2CCCC(CCC(=O)N3CCN(c4ccccn4)CC3)C2)c1. The Labute approximate surface area is 187 Å². The number of nitrogens with zero attached hydrogens (tertiary/aromatic N) is 4. The molecule has 0 bridgehead atoms. The van der Waals surface area contributed by atoms with E-state index in [0.717, 1.165) is 51.5 Å². The van der Waals surface area contributed by atoms with Crippen LogP contribution in [0.5, 0.6) is 0 Å². The number of carbonyl (C=O) groups is 1. The second kappa shape index (κ2) is 10.3. The van der Waals surface area contributed by atoms with E-state index < -0.39 is 0 Å². The molecule has 5 nitrogen and oxygen atoms in total. The largest absolute Gasteiger partial charge is 0.353 e. The average Bonchev–Trinajstić information content (AvgIpc) is 2.81. The molecule has 3 heterocycles. The van der Waals surface area contributed by atoms with E-state index in [0.29, 0.717) is 18.2 Å². The molecule has 2 aliphatic heterocycles. The van der Waals surface area contributed by atoms with Crippen molar-refractivity contribution in [1.82, 2.24) is 14.8 Å².